The van der Waals surface area contributed by atoms with Gasteiger partial charge in [-0.05, 0) is 30.7 Å². The molecular weight excluding hydrogens is 346 g/mol. The van der Waals surface area contributed by atoms with E-state index >= 15 is 0 Å². The van der Waals surface area contributed by atoms with Crippen LogP contribution in [0.4, 0.5) is 5.69 Å². The highest BCUT2D eigenvalue weighted by molar-refractivity contribution is 7.92. The Kier molecular flexibility index (Phi) is 4.45. The lowest BCUT2D eigenvalue weighted by atomic mass is 10.2. The van der Waals surface area contributed by atoms with Crippen molar-refractivity contribution in [3.63, 3.8) is 0 Å². The Morgan fingerprint density at radius 3 is 2.64 bits per heavy atom. The molecule has 0 saturated carbocycles. The summed E-state index contributed by atoms with van der Waals surface area (Å²) in [6.07, 6.45) is 2.46. The van der Waals surface area contributed by atoms with Crippen LogP contribution in [-0.4, -0.2) is 35.1 Å². The van der Waals surface area contributed by atoms with Crippen LogP contribution in [0.2, 0.25) is 0 Å². The van der Waals surface area contributed by atoms with E-state index in [0.717, 1.165) is 4.52 Å². The molecule has 25 heavy (non-hydrogen) atoms. The first-order valence-electron chi connectivity index (χ1n) is 7.58. The van der Waals surface area contributed by atoms with Gasteiger partial charge in [-0.15, -0.1) is 0 Å². The summed E-state index contributed by atoms with van der Waals surface area (Å²) in [4.78, 5) is 20.8. The number of aromatic amines is 1. The Morgan fingerprint density at radius 1 is 1.28 bits per heavy atom. The summed E-state index contributed by atoms with van der Waals surface area (Å²) >= 11 is 0. The molecule has 0 saturated heterocycles. The zero-order chi connectivity index (χ0) is 18.0. The van der Waals surface area contributed by atoms with E-state index < -0.39 is 15.6 Å². The molecule has 2 N–H and O–H groups in total. The Morgan fingerprint density at radius 2 is 2.00 bits per heavy atom. The number of rotatable bonds is 6. The first-order chi connectivity index (χ1) is 12.0. The minimum absolute atomic E-state index is 0.0184. The van der Waals surface area contributed by atoms with Crippen molar-refractivity contribution < 1.29 is 13.2 Å². The first kappa shape index (κ1) is 17.0. The highest BCUT2D eigenvalue weighted by Gasteiger charge is 2.21. The predicted molar refractivity (Wildman–Crippen MR) is 91.4 cm³/mol. The molecule has 0 atom stereocenters. The van der Waals surface area contributed by atoms with Gasteiger partial charge in [0.05, 0.1) is 17.7 Å². The van der Waals surface area contributed by atoms with Gasteiger partial charge in [0.25, 0.3) is 21.4 Å². The topological polar surface area (TPSA) is 118 Å². The van der Waals surface area contributed by atoms with Crippen molar-refractivity contribution in [2.45, 2.75) is 24.7 Å². The average molecular weight is 363 g/mol. The van der Waals surface area contributed by atoms with E-state index in [-0.39, 0.29) is 16.4 Å². The fraction of sp³-hybridized carbons (Fsp3) is 0.267. The lowest BCUT2D eigenvalue weighted by molar-refractivity contribution is 0.414. The number of sulfonamides is 1. The molecule has 3 aromatic rings. The monoisotopic (exact) mass is 363 g/mol. The SMILES string of the molecule is CCCc1nc2nc[nH]n2c(=O)c1NS(=O)(=O)c1ccc(OC)cc1. The van der Waals surface area contributed by atoms with Gasteiger partial charge in [-0.25, -0.2) is 18.4 Å². The molecule has 0 amide bonds. The summed E-state index contributed by atoms with van der Waals surface area (Å²) in [5.74, 6) is 0.729. The second-order valence-corrected chi connectivity index (χ2v) is 6.97. The zero-order valence-corrected chi connectivity index (χ0v) is 14.5. The standard InChI is InChI=1S/C15H17N5O4S/c1-3-4-12-13(14(21)20-15(18-12)16-9-17-20)19-25(22,23)11-7-5-10(24-2)6-8-11/h5-9,19H,3-4H2,1-2H3,(H,16,17,18). The summed E-state index contributed by atoms with van der Waals surface area (Å²) in [5, 5.41) is 2.62. The lowest BCUT2D eigenvalue weighted by Crippen LogP contribution is -2.26. The van der Waals surface area contributed by atoms with E-state index in [9.17, 15) is 13.2 Å². The van der Waals surface area contributed by atoms with E-state index in [2.05, 4.69) is 19.8 Å². The lowest BCUT2D eigenvalue weighted by Gasteiger charge is -2.11. The van der Waals surface area contributed by atoms with Gasteiger partial charge in [0.2, 0.25) is 0 Å². The van der Waals surface area contributed by atoms with Crippen molar-refractivity contribution in [3.05, 3.63) is 46.6 Å². The van der Waals surface area contributed by atoms with Crippen molar-refractivity contribution >= 4 is 21.5 Å². The normalized spacial score (nSPS) is 11.6. The van der Waals surface area contributed by atoms with Crippen LogP contribution in [0.15, 0.2) is 40.3 Å². The number of nitrogens with zero attached hydrogens (tertiary/aromatic N) is 3. The molecule has 0 aliphatic rings. The quantitative estimate of drug-likeness (QED) is 0.679. The van der Waals surface area contributed by atoms with E-state index in [4.69, 9.17) is 4.74 Å². The van der Waals surface area contributed by atoms with E-state index in [0.29, 0.717) is 24.3 Å². The molecule has 0 bridgehead atoms. The molecule has 10 heteroatoms. The van der Waals surface area contributed by atoms with Crippen LogP contribution in [0.3, 0.4) is 0 Å². The van der Waals surface area contributed by atoms with Crippen LogP contribution in [0, 0.1) is 0 Å². The zero-order valence-electron chi connectivity index (χ0n) is 13.7. The number of aryl methyl sites for hydroxylation is 1. The molecule has 2 aromatic heterocycles. The fourth-order valence-electron chi connectivity index (χ4n) is 2.37. The second-order valence-electron chi connectivity index (χ2n) is 5.29. The smallest absolute Gasteiger partial charge is 0.298 e. The van der Waals surface area contributed by atoms with Crippen LogP contribution < -0.4 is 15.0 Å². The molecule has 0 aliphatic carbocycles. The van der Waals surface area contributed by atoms with Gasteiger partial charge in [-0.3, -0.25) is 14.6 Å². The minimum Gasteiger partial charge on any atom is -0.497 e. The van der Waals surface area contributed by atoms with Crippen molar-refractivity contribution in [3.8, 4) is 5.75 Å². The Labute approximate surface area is 143 Å². The van der Waals surface area contributed by atoms with Gasteiger partial charge >= 0.3 is 0 Å². The van der Waals surface area contributed by atoms with E-state index in [1.165, 1.54) is 37.7 Å². The number of methoxy groups -OCH3 is 1. The second kappa shape index (κ2) is 6.55. The number of aromatic nitrogens is 4. The number of hydrogen-bond acceptors (Lipinski definition) is 6. The Balaban J connectivity index is 2.07. The number of H-pyrrole nitrogens is 1. The van der Waals surface area contributed by atoms with Gasteiger partial charge in [0.15, 0.2) is 0 Å². The summed E-state index contributed by atoms with van der Waals surface area (Å²) in [6, 6.07) is 5.87. The van der Waals surface area contributed by atoms with Gasteiger partial charge in [-0.2, -0.15) is 4.52 Å². The molecular formula is C15H17N5O4S. The molecule has 0 unspecified atom stereocenters. The summed E-state index contributed by atoms with van der Waals surface area (Å²) < 4.78 is 33.7. The molecule has 0 fully saturated rings. The molecule has 2 heterocycles. The number of ether oxygens (including phenoxy) is 1. The number of fused-ring (bicyclic) bond motifs is 1. The first-order valence-corrected chi connectivity index (χ1v) is 9.06. The Hall–Kier alpha value is -2.88. The largest absolute Gasteiger partial charge is 0.497 e. The highest BCUT2D eigenvalue weighted by Crippen LogP contribution is 2.19. The number of hydrogen-bond donors (Lipinski definition) is 2. The third-order valence-electron chi connectivity index (χ3n) is 3.60. The molecule has 0 aliphatic heterocycles. The van der Waals surface area contributed by atoms with Crippen LogP contribution >= 0.6 is 0 Å². The van der Waals surface area contributed by atoms with Gasteiger partial charge < -0.3 is 4.74 Å². The maximum atomic E-state index is 12.6. The fourth-order valence-corrected chi connectivity index (χ4v) is 3.45. The molecule has 0 radical (unpaired) electrons. The molecule has 0 spiro atoms. The van der Waals surface area contributed by atoms with Crippen molar-refractivity contribution in [1.29, 1.82) is 0 Å². The van der Waals surface area contributed by atoms with Crippen LogP contribution in [0.25, 0.3) is 5.78 Å². The minimum atomic E-state index is -3.95. The predicted octanol–water partition coefficient (Wildman–Crippen LogP) is 1.18. The maximum Gasteiger partial charge on any atom is 0.298 e. The van der Waals surface area contributed by atoms with Gasteiger partial charge in [0, 0.05) is 0 Å². The summed E-state index contributed by atoms with van der Waals surface area (Å²) in [7, 11) is -2.46. The van der Waals surface area contributed by atoms with Crippen LogP contribution in [-0.2, 0) is 16.4 Å². The third-order valence-corrected chi connectivity index (χ3v) is 4.97. The van der Waals surface area contributed by atoms with Crippen LogP contribution in [0.5, 0.6) is 5.75 Å². The molecule has 1 aromatic carbocycles. The summed E-state index contributed by atoms with van der Waals surface area (Å²) in [6.45, 7) is 1.91. The molecule has 3 rings (SSSR count). The van der Waals surface area contributed by atoms with Crippen molar-refractivity contribution in [2.24, 2.45) is 0 Å². The highest BCUT2D eigenvalue weighted by atomic mass is 32.2. The molecule has 9 nitrogen and oxygen atoms in total. The maximum absolute atomic E-state index is 12.6. The van der Waals surface area contributed by atoms with E-state index in [1.54, 1.807) is 0 Å². The number of benzene rings is 1. The third kappa shape index (κ3) is 3.20. The van der Waals surface area contributed by atoms with Crippen LogP contribution in [0.1, 0.15) is 19.0 Å². The average Bonchev–Trinajstić information content (AvgIpc) is 3.07. The van der Waals surface area contributed by atoms with Crippen molar-refractivity contribution in [2.75, 3.05) is 11.8 Å². The molecule has 132 valence electrons. The van der Waals surface area contributed by atoms with E-state index in [1.807, 2.05) is 6.92 Å². The van der Waals surface area contributed by atoms with Gasteiger partial charge in [-0.1, -0.05) is 13.3 Å². The number of nitrogens with one attached hydrogen (secondary N) is 2. The van der Waals surface area contributed by atoms with Crippen molar-refractivity contribution in [1.82, 2.24) is 19.6 Å². The number of anilines is 1. The van der Waals surface area contributed by atoms with Gasteiger partial charge in [0.1, 0.15) is 17.8 Å². The Bertz CT molecular complexity index is 1050. The summed E-state index contributed by atoms with van der Waals surface area (Å²) in [5.41, 5.74) is -0.279.